The van der Waals surface area contributed by atoms with Crippen LogP contribution in [0.3, 0.4) is 0 Å². The second-order valence-electron chi connectivity index (χ2n) is 14.1. The van der Waals surface area contributed by atoms with E-state index >= 15 is 0 Å². The van der Waals surface area contributed by atoms with Gasteiger partial charge >= 0.3 is 12.4 Å². The maximum atomic E-state index is 14.2. The summed E-state index contributed by atoms with van der Waals surface area (Å²) in [5.41, 5.74) is -2.25. The van der Waals surface area contributed by atoms with E-state index in [0.717, 1.165) is 24.2 Å². The van der Waals surface area contributed by atoms with E-state index in [2.05, 4.69) is 0 Å². The number of benzene rings is 2. The predicted molar refractivity (Wildman–Crippen MR) is 152 cm³/mol. The number of aryl methyl sites for hydroxylation is 1. The Kier molecular flexibility index (Phi) is 8.00. The second-order valence-corrected chi connectivity index (χ2v) is 14.1. The van der Waals surface area contributed by atoms with Gasteiger partial charge in [0.15, 0.2) is 0 Å². The highest BCUT2D eigenvalue weighted by Gasteiger charge is 2.56. The molecule has 4 aliphatic carbocycles. The third-order valence-electron chi connectivity index (χ3n) is 10.8. The van der Waals surface area contributed by atoms with Crippen LogP contribution in [0, 0.1) is 41.8 Å². The molecule has 4 nitrogen and oxygen atoms in total. The van der Waals surface area contributed by atoms with E-state index in [4.69, 9.17) is 0 Å². The number of alkyl halides is 6. The molecule has 2 aromatic rings. The van der Waals surface area contributed by atoms with E-state index in [1.165, 1.54) is 38.4 Å². The molecule has 4 saturated carbocycles. The first kappa shape index (κ1) is 31.9. The molecule has 1 aliphatic heterocycles. The van der Waals surface area contributed by atoms with Crippen molar-refractivity contribution in [1.82, 2.24) is 9.80 Å². The number of rotatable bonds is 5. The Bertz CT molecular complexity index is 1420. The van der Waals surface area contributed by atoms with E-state index in [-0.39, 0.29) is 35.9 Å². The Morgan fingerprint density at radius 2 is 1.44 bits per heavy atom. The van der Waals surface area contributed by atoms with Crippen molar-refractivity contribution in [3.05, 3.63) is 70.0 Å². The predicted octanol–water partition coefficient (Wildman–Crippen LogP) is 7.98. The van der Waals surface area contributed by atoms with Crippen LogP contribution in [0.5, 0.6) is 0 Å². The number of carbonyl (C=O) groups is 2. The van der Waals surface area contributed by atoms with Gasteiger partial charge in [-0.2, -0.15) is 26.3 Å². The lowest BCUT2D eigenvalue weighted by atomic mass is 9.49. The smallest absolute Gasteiger partial charge is 0.342 e. The topological polar surface area (TPSA) is 40.6 Å². The summed E-state index contributed by atoms with van der Waals surface area (Å²) in [7, 11) is 1.36. The molecular formula is C34H37F7N2O2. The number of hydrogen-bond donors (Lipinski definition) is 0. The summed E-state index contributed by atoms with van der Waals surface area (Å²) < 4.78 is 94.9. The summed E-state index contributed by atoms with van der Waals surface area (Å²) in [5, 5.41) is 0. The molecule has 1 heterocycles. The summed E-state index contributed by atoms with van der Waals surface area (Å²) in [6.45, 7) is 1.82. The summed E-state index contributed by atoms with van der Waals surface area (Å²) in [6, 6.07) is 5.60. The van der Waals surface area contributed by atoms with Crippen LogP contribution in [-0.4, -0.2) is 41.8 Å². The van der Waals surface area contributed by atoms with E-state index in [1.807, 2.05) is 4.90 Å². The van der Waals surface area contributed by atoms with Crippen LogP contribution in [0.2, 0.25) is 0 Å². The highest BCUT2D eigenvalue weighted by molar-refractivity contribution is 5.85. The van der Waals surface area contributed by atoms with Crippen LogP contribution in [0.25, 0.3) is 0 Å². The van der Waals surface area contributed by atoms with E-state index in [0.29, 0.717) is 47.6 Å². The van der Waals surface area contributed by atoms with Crippen LogP contribution >= 0.6 is 0 Å². The lowest BCUT2D eigenvalue weighted by Gasteiger charge is -2.57. The molecule has 0 N–H and O–H groups in total. The normalized spacial score (nSPS) is 29.6. The fourth-order valence-electron chi connectivity index (χ4n) is 9.26. The van der Waals surface area contributed by atoms with Gasteiger partial charge in [-0.05, 0) is 117 Å². The van der Waals surface area contributed by atoms with E-state index in [1.54, 1.807) is 13.0 Å². The molecule has 4 bridgehead atoms. The maximum Gasteiger partial charge on any atom is 0.416 e. The van der Waals surface area contributed by atoms with Gasteiger partial charge in [0.25, 0.3) is 0 Å². The Hall–Kier alpha value is -3.11. The van der Waals surface area contributed by atoms with Crippen molar-refractivity contribution in [2.45, 2.75) is 76.7 Å². The van der Waals surface area contributed by atoms with Gasteiger partial charge in [0, 0.05) is 38.5 Å². The van der Waals surface area contributed by atoms with Gasteiger partial charge in [-0.1, -0.05) is 6.07 Å². The zero-order chi connectivity index (χ0) is 32.5. The third kappa shape index (κ3) is 6.20. The third-order valence-corrected chi connectivity index (χ3v) is 10.8. The molecule has 1 saturated heterocycles. The van der Waals surface area contributed by atoms with Crippen LogP contribution in [0.1, 0.15) is 78.7 Å². The summed E-state index contributed by atoms with van der Waals surface area (Å²) >= 11 is 0. The molecule has 5 fully saturated rings. The fourth-order valence-corrected chi connectivity index (χ4v) is 9.26. The molecule has 0 spiro atoms. The number of carbonyl (C=O) groups excluding carboxylic acids is 2. The Morgan fingerprint density at radius 1 is 0.889 bits per heavy atom. The van der Waals surface area contributed by atoms with Crippen LogP contribution in [0.4, 0.5) is 30.7 Å². The van der Waals surface area contributed by atoms with Crippen LogP contribution < -0.4 is 0 Å². The van der Waals surface area contributed by atoms with Gasteiger partial charge in [-0.3, -0.25) is 9.59 Å². The molecule has 2 atom stereocenters. The Morgan fingerprint density at radius 3 is 1.96 bits per heavy atom. The van der Waals surface area contributed by atoms with Crippen molar-refractivity contribution < 1.29 is 40.3 Å². The van der Waals surface area contributed by atoms with Crippen molar-refractivity contribution >= 4 is 11.8 Å². The molecule has 45 heavy (non-hydrogen) atoms. The van der Waals surface area contributed by atoms with Gasteiger partial charge in [0.05, 0.1) is 16.5 Å². The van der Waals surface area contributed by atoms with Crippen molar-refractivity contribution in [3.8, 4) is 0 Å². The monoisotopic (exact) mass is 638 g/mol. The largest absolute Gasteiger partial charge is 0.416 e. The first-order valence-electron chi connectivity index (χ1n) is 15.6. The van der Waals surface area contributed by atoms with Crippen molar-refractivity contribution in [1.29, 1.82) is 0 Å². The van der Waals surface area contributed by atoms with E-state index < -0.39 is 53.6 Å². The van der Waals surface area contributed by atoms with Gasteiger partial charge < -0.3 is 9.80 Å². The quantitative estimate of drug-likeness (QED) is 0.312. The average molecular weight is 639 g/mol. The summed E-state index contributed by atoms with van der Waals surface area (Å²) in [6.07, 6.45) is -3.52. The minimum atomic E-state index is -5.00. The van der Waals surface area contributed by atoms with Crippen LogP contribution in [-0.2, 0) is 28.5 Å². The molecule has 5 aliphatic rings. The molecule has 244 valence electrons. The van der Waals surface area contributed by atoms with Gasteiger partial charge in [-0.15, -0.1) is 0 Å². The van der Waals surface area contributed by atoms with E-state index in [9.17, 15) is 40.3 Å². The second kappa shape index (κ2) is 11.3. The molecule has 0 radical (unpaired) electrons. The molecule has 0 aromatic heterocycles. The zero-order valence-electron chi connectivity index (χ0n) is 25.3. The summed E-state index contributed by atoms with van der Waals surface area (Å²) in [5.74, 6) is -0.290. The van der Waals surface area contributed by atoms with Crippen molar-refractivity contribution in [2.75, 3.05) is 20.1 Å². The highest BCUT2D eigenvalue weighted by atomic mass is 19.4. The standard InChI is InChI=1S/C34H37F7N2O2/c1-19-7-26(35)3-4-27(19)29-18-43(31(45)32-14-20-8-21(15-32)10-22(9-20)16-32)6-5-28(29)30(44)42(2)17-23-11-24(33(36,37)38)13-25(12-23)34(39,40)41/h3-4,7,11-13,20-22,28-29H,5-6,8-10,14-18H2,1-2H3. The molecule has 2 aromatic carbocycles. The number of likely N-dealkylation sites (tertiary alicyclic amines) is 1. The number of nitrogens with zero attached hydrogens (tertiary/aromatic N) is 2. The van der Waals surface area contributed by atoms with Gasteiger partial charge in [0.2, 0.25) is 11.8 Å². The lowest BCUT2D eigenvalue weighted by molar-refractivity contribution is -0.160. The number of amides is 2. The maximum absolute atomic E-state index is 14.2. The average Bonchev–Trinajstić information content (AvgIpc) is 2.94. The number of piperidine rings is 1. The SMILES string of the molecule is Cc1cc(F)ccc1C1CN(C(=O)C23CC4CC(CC(C4)C2)C3)CCC1C(=O)N(C)Cc1cc(C(F)(F)F)cc(C(F)(F)F)c1. The van der Waals surface area contributed by atoms with Crippen molar-refractivity contribution in [3.63, 3.8) is 0 Å². The zero-order valence-corrected chi connectivity index (χ0v) is 25.3. The molecular weight excluding hydrogens is 601 g/mol. The molecule has 11 heteroatoms. The molecule has 2 amide bonds. The fraction of sp³-hybridized carbons (Fsp3) is 0.588. The minimum Gasteiger partial charge on any atom is -0.342 e. The first-order valence-corrected chi connectivity index (χ1v) is 15.6. The highest BCUT2D eigenvalue weighted by Crippen LogP contribution is 2.61. The molecule has 2 unspecified atom stereocenters. The van der Waals surface area contributed by atoms with Gasteiger partial charge in [0.1, 0.15) is 5.82 Å². The minimum absolute atomic E-state index is 0.0647. The molecule has 7 rings (SSSR count). The number of halogens is 7. The van der Waals surface area contributed by atoms with Gasteiger partial charge in [-0.25, -0.2) is 4.39 Å². The Labute approximate surface area is 257 Å². The number of hydrogen-bond acceptors (Lipinski definition) is 2. The van der Waals surface area contributed by atoms with Crippen molar-refractivity contribution in [2.24, 2.45) is 29.1 Å². The summed E-state index contributed by atoms with van der Waals surface area (Å²) in [4.78, 5) is 31.2. The first-order chi connectivity index (χ1) is 21.0. The Balaban J connectivity index is 1.26. The van der Waals surface area contributed by atoms with Crippen LogP contribution in [0.15, 0.2) is 36.4 Å². The lowest BCUT2D eigenvalue weighted by Crippen LogP contribution is -2.57.